The van der Waals surface area contributed by atoms with Crippen molar-refractivity contribution in [2.75, 3.05) is 31.7 Å². The number of amides is 2. The zero-order valence-corrected chi connectivity index (χ0v) is 18.7. The Bertz CT molecular complexity index is 1010. The van der Waals surface area contributed by atoms with Crippen molar-refractivity contribution in [3.8, 4) is 0 Å². The Balaban J connectivity index is 1.60. The van der Waals surface area contributed by atoms with Gasteiger partial charge in [-0.15, -0.1) is 0 Å². The lowest BCUT2D eigenvalue weighted by Gasteiger charge is -2.20. The molecule has 0 spiro atoms. The first kappa shape index (κ1) is 23.6. The van der Waals surface area contributed by atoms with Gasteiger partial charge in [0.25, 0.3) is 5.91 Å². The summed E-state index contributed by atoms with van der Waals surface area (Å²) < 4.78 is 20.4. The Morgan fingerprint density at radius 1 is 1.34 bits per heavy atom. The van der Waals surface area contributed by atoms with Crippen LogP contribution in [0, 0.1) is 5.82 Å². The number of anilines is 1. The summed E-state index contributed by atoms with van der Waals surface area (Å²) in [6, 6.07) is 6.28. The first-order valence-corrected chi connectivity index (χ1v) is 11.1. The monoisotopic (exact) mass is 459 g/mol. The maximum atomic E-state index is 13.5. The van der Waals surface area contributed by atoms with E-state index >= 15 is 0 Å². The summed E-state index contributed by atoms with van der Waals surface area (Å²) in [4.78, 5) is 35.4. The summed E-state index contributed by atoms with van der Waals surface area (Å²) in [5.41, 5.74) is 0.780. The lowest BCUT2D eigenvalue weighted by atomic mass is 10.1. The van der Waals surface area contributed by atoms with Gasteiger partial charge in [0.15, 0.2) is 5.13 Å². The molecule has 3 aromatic rings. The van der Waals surface area contributed by atoms with Crippen molar-refractivity contribution < 1.29 is 18.7 Å². The molecule has 0 saturated heterocycles. The number of aromatic nitrogens is 3. The van der Waals surface area contributed by atoms with Crippen LogP contribution in [-0.2, 0) is 22.5 Å². The van der Waals surface area contributed by atoms with E-state index < -0.39 is 0 Å². The largest absolute Gasteiger partial charge is 0.384 e. The van der Waals surface area contributed by atoms with Crippen molar-refractivity contribution >= 4 is 28.3 Å². The van der Waals surface area contributed by atoms with Gasteiger partial charge in [-0.05, 0) is 30.5 Å². The average molecular weight is 460 g/mol. The van der Waals surface area contributed by atoms with Gasteiger partial charge in [0.2, 0.25) is 5.91 Å². The lowest BCUT2D eigenvalue weighted by molar-refractivity contribution is -0.119. The number of carbonyl (C=O) groups excluding carboxylic acids is 2. The van der Waals surface area contributed by atoms with Gasteiger partial charge in [0.05, 0.1) is 25.6 Å². The molecule has 10 heteroatoms. The van der Waals surface area contributed by atoms with Crippen molar-refractivity contribution in [3.63, 3.8) is 0 Å². The summed E-state index contributed by atoms with van der Waals surface area (Å²) in [5.74, 6) is -0.709. The van der Waals surface area contributed by atoms with Gasteiger partial charge in [0, 0.05) is 39.1 Å². The molecule has 0 bridgehead atoms. The molecule has 32 heavy (non-hydrogen) atoms. The highest BCUT2D eigenvalue weighted by atomic mass is 32.1. The highest BCUT2D eigenvalue weighted by Crippen LogP contribution is 2.24. The highest BCUT2D eigenvalue weighted by molar-refractivity contribution is 7.17. The lowest BCUT2D eigenvalue weighted by Crippen LogP contribution is -2.33. The van der Waals surface area contributed by atoms with Crippen LogP contribution in [0.25, 0.3) is 0 Å². The van der Waals surface area contributed by atoms with Crippen LogP contribution in [0.3, 0.4) is 0 Å². The van der Waals surface area contributed by atoms with Gasteiger partial charge in [-0.2, -0.15) is 0 Å². The van der Waals surface area contributed by atoms with Crippen LogP contribution >= 0.6 is 11.3 Å². The molecular weight excluding hydrogens is 433 g/mol. The van der Waals surface area contributed by atoms with Crippen LogP contribution in [0.2, 0.25) is 0 Å². The molecule has 1 N–H and O–H groups in total. The molecule has 2 amide bonds. The second-order valence-electron chi connectivity index (χ2n) is 7.09. The second-order valence-corrected chi connectivity index (χ2v) is 8.09. The average Bonchev–Trinajstić information content (AvgIpc) is 3.48. The molecular formula is C22H26FN5O3S. The Labute approximate surface area is 190 Å². The van der Waals surface area contributed by atoms with Crippen LogP contribution in [0.15, 0.2) is 49.2 Å². The number of aryl methyl sites for hydroxylation is 1. The number of nitrogens with zero attached hydrogens (tertiary/aromatic N) is 4. The van der Waals surface area contributed by atoms with Crippen molar-refractivity contribution in [1.29, 1.82) is 0 Å². The number of methoxy groups -OCH3 is 1. The summed E-state index contributed by atoms with van der Waals surface area (Å²) in [5, 5.41) is 3.31. The quantitative estimate of drug-likeness (QED) is 0.421. The smallest absolute Gasteiger partial charge is 0.263 e. The number of hydrogen-bond donors (Lipinski definition) is 1. The minimum Gasteiger partial charge on any atom is -0.384 e. The van der Waals surface area contributed by atoms with Gasteiger partial charge in [0.1, 0.15) is 10.7 Å². The van der Waals surface area contributed by atoms with E-state index in [4.69, 9.17) is 4.74 Å². The minimum atomic E-state index is -0.319. The summed E-state index contributed by atoms with van der Waals surface area (Å²) in [6.07, 6.45) is 8.21. The first-order chi connectivity index (χ1) is 15.6. The third-order valence-electron chi connectivity index (χ3n) is 4.72. The van der Waals surface area contributed by atoms with Gasteiger partial charge >= 0.3 is 0 Å². The fourth-order valence-corrected chi connectivity index (χ4v) is 3.92. The number of hydrogen-bond acceptors (Lipinski definition) is 6. The number of nitrogens with one attached hydrogen (secondary N) is 1. The Hall–Kier alpha value is -3.11. The summed E-state index contributed by atoms with van der Waals surface area (Å²) >= 11 is 1.16. The number of carbonyl (C=O) groups is 2. The highest BCUT2D eigenvalue weighted by Gasteiger charge is 2.21. The number of imidazole rings is 1. The zero-order valence-electron chi connectivity index (χ0n) is 17.9. The third-order valence-corrected chi connectivity index (χ3v) is 5.74. The standard InChI is InChI=1S/C22H26FN5O3S/c1-31-13-7-20(29)28(11-6-17-4-2-5-18(23)14-17)22-26-15-19(32-22)21(30)25-8-3-10-27-12-9-24-16-27/h2,4-5,9,12,14-16H,3,6-8,10-11,13H2,1H3,(H,25,30). The first-order valence-electron chi connectivity index (χ1n) is 10.3. The summed E-state index contributed by atoms with van der Waals surface area (Å²) in [7, 11) is 1.53. The number of benzene rings is 1. The number of halogens is 1. The van der Waals surface area contributed by atoms with Crippen LogP contribution in [0.1, 0.15) is 28.1 Å². The van der Waals surface area contributed by atoms with E-state index in [-0.39, 0.29) is 30.7 Å². The molecule has 0 aliphatic carbocycles. The number of thiazole rings is 1. The Morgan fingerprint density at radius 2 is 2.22 bits per heavy atom. The van der Waals surface area contributed by atoms with E-state index in [0.29, 0.717) is 29.5 Å². The number of rotatable bonds is 12. The van der Waals surface area contributed by atoms with Crippen LogP contribution < -0.4 is 10.2 Å². The fourth-order valence-electron chi connectivity index (χ4n) is 3.05. The molecule has 170 valence electrons. The summed E-state index contributed by atoms with van der Waals surface area (Å²) in [6.45, 7) is 1.88. The number of ether oxygens (including phenoxy) is 1. The van der Waals surface area contributed by atoms with Crippen molar-refractivity contribution in [1.82, 2.24) is 19.9 Å². The van der Waals surface area contributed by atoms with Crippen LogP contribution in [0.5, 0.6) is 0 Å². The normalized spacial score (nSPS) is 10.8. The molecule has 0 unspecified atom stereocenters. The van der Waals surface area contributed by atoms with Crippen LogP contribution in [-0.4, -0.2) is 53.2 Å². The van der Waals surface area contributed by atoms with Crippen LogP contribution in [0.4, 0.5) is 9.52 Å². The molecule has 1 aromatic carbocycles. The van der Waals surface area contributed by atoms with E-state index in [9.17, 15) is 14.0 Å². The van der Waals surface area contributed by atoms with E-state index in [1.807, 2.05) is 16.8 Å². The molecule has 0 aliphatic heterocycles. The topological polar surface area (TPSA) is 89.4 Å². The van der Waals surface area contributed by atoms with Gasteiger partial charge in [-0.25, -0.2) is 14.4 Å². The second kappa shape index (κ2) is 12.1. The van der Waals surface area contributed by atoms with Gasteiger partial charge in [-0.3, -0.25) is 14.5 Å². The maximum Gasteiger partial charge on any atom is 0.263 e. The van der Waals surface area contributed by atoms with E-state index in [1.54, 1.807) is 18.6 Å². The molecule has 0 fully saturated rings. The van der Waals surface area contributed by atoms with E-state index in [1.165, 1.54) is 30.3 Å². The fraction of sp³-hybridized carbons (Fsp3) is 0.364. The van der Waals surface area contributed by atoms with Crippen molar-refractivity contribution in [3.05, 3.63) is 65.4 Å². The van der Waals surface area contributed by atoms with E-state index in [2.05, 4.69) is 15.3 Å². The molecule has 0 radical (unpaired) electrons. The molecule has 0 saturated carbocycles. The molecule has 2 heterocycles. The minimum absolute atomic E-state index is 0.162. The molecule has 0 aliphatic rings. The Kier molecular flexibility index (Phi) is 8.88. The molecule has 3 rings (SSSR count). The van der Waals surface area contributed by atoms with Crippen molar-refractivity contribution in [2.45, 2.75) is 25.8 Å². The third kappa shape index (κ3) is 6.96. The molecule has 0 atom stereocenters. The Morgan fingerprint density at radius 3 is 2.97 bits per heavy atom. The molecule has 2 aromatic heterocycles. The van der Waals surface area contributed by atoms with Gasteiger partial charge in [-0.1, -0.05) is 23.5 Å². The predicted octanol–water partition coefficient (Wildman–Crippen LogP) is 2.91. The SMILES string of the molecule is COCCC(=O)N(CCc1cccc(F)c1)c1ncc(C(=O)NCCCn2ccnc2)s1. The van der Waals surface area contributed by atoms with Crippen molar-refractivity contribution in [2.24, 2.45) is 0 Å². The predicted molar refractivity (Wildman–Crippen MR) is 120 cm³/mol. The zero-order chi connectivity index (χ0) is 22.8. The maximum absolute atomic E-state index is 13.5. The molecule has 8 nitrogen and oxygen atoms in total. The van der Waals surface area contributed by atoms with Gasteiger partial charge < -0.3 is 14.6 Å². The van der Waals surface area contributed by atoms with E-state index in [0.717, 1.165) is 29.9 Å².